The minimum Gasteiger partial charge on any atom is -0.481 e. The molecule has 0 saturated heterocycles. The number of carbonyl (C=O) groups is 1. The first kappa shape index (κ1) is 14.8. The third-order valence-corrected chi connectivity index (χ3v) is 3.43. The highest BCUT2D eigenvalue weighted by molar-refractivity contribution is 5.78. The molecule has 110 valence electrons. The molecule has 1 saturated carbocycles. The van der Waals surface area contributed by atoms with Gasteiger partial charge in [-0.05, 0) is 50.4 Å². The van der Waals surface area contributed by atoms with Gasteiger partial charge in [-0.3, -0.25) is 4.79 Å². The van der Waals surface area contributed by atoms with E-state index in [1.807, 2.05) is 6.92 Å². The summed E-state index contributed by atoms with van der Waals surface area (Å²) in [6.07, 6.45) is 2.74. The van der Waals surface area contributed by atoms with Crippen molar-refractivity contribution in [2.75, 3.05) is 19.7 Å². The number of carbonyl (C=O) groups excluding carboxylic acids is 1. The number of likely N-dealkylation sites (N-methyl/N-ethyl adjacent to an activating group) is 1. The molecule has 0 unspecified atom stereocenters. The van der Waals surface area contributed by atoms with Gasteiger partial charge < -0.3 is 15.4 Å². The molecule has 1 aliphatic rings. The van der Waals surface area contributed by atoms with Gasteiger partial charge in [0.2, 0.25) is 0 Å². The third kappa shape index (κ3) is 3.70. The summed E-state index contributed by atoms with van der Waals surface area (Å²) in [6.45, 7) is 2.98. The fraction of sp³-hybridized carbons (Fsp3) is 0.533. The van der Waals surface area contributed by atoms with Crippen LogP contribution in [0, 0.1) is 5.82 Å². The zero-order valence-electron chi connectivity index (χ0n) is 11.8. The molecule has 1 amide bonds. The van der Waals surface area contributed by atoms with E-state index in [1.54, 1.807) is 17.0 Å². The van der Waals surface area contributed by atoms with Crippen LogP contribution in [0.5, 0.6) is 5.75 Å². The topological polar surface area (TPSA) is 55.6 Å². The van der Waals surface area contributed by atoms with Gasteiger partial charge in [0.25, 0.3) is 5.91 Å². The Labute approximate surface area is 118 Å². The van der Waals surface area contributed by atoms with E-state index in [4.69, 9.17) is 10.5 Å². The minimum absolute atomic E-state index is 0.0829. The van der Waals surface area contributed by atoms with Crippen LogP contribution in [0.25, 0.3) is 0 Å². The predicted octanol–water partition coefficient (Wildman–Crippen LogP) is 1.72. The summed E-state index contributed by atoms with van der Waals surface area (Å²) in [5.41, 5.74) is 6.26. The number of nitrogens with zero attached hydrogens (tertiary/aromatic N) is 1. The van der Waals surface area contributed by atoms with Crippen LogP contribution in [0.1, 0.15) is 25.3 Å². The first-order valence-electron chi connectivity index (χ1n) is 7.06. The molecule has 1 aromatic rings. The minimum atomic E-state index is -0.446. The van der Waals surface area contributed by atoms with E-state index in [9.17, 15) is 9.18 Å². The fourth-order valence-electron chi connectivity index (χ4n) is 2.23. The normalized spacial score (nSPS) is 14.2. The first-order chi connectivity index (χ1) is 9.65. The fourth-order valence-corrected chi connectivity index (χ4v) is 2.23. The maximum atomic E-state index is 13.8. The van der Waals surface area contributed by atoms with Gasteiger partial charge in [0.05, 0.1) is 0 Å². The van der Waals surface area contributed by atoms with E-state index in [2.05, 4.69) is 0 Å². The Balaban J connectivity index is 1.91. The highest BCUT2D eigenvalue weighted by atomic mass is 19.1. The molecule has 0 bridgehead atoms. The zero-order chi connectivity index (χ0) is 14.5. The van der Waals surface area contributed by atoms with Crippen LogP contribution in [0.2, 0.25) is 0 Å². The molecule has 0 atom stereocenters. The molecule has 0 aliphatic heterocycles. The van der Waals surface area contributed by atoms with Gasteiger partial charge in [-0.15, -0.1) is 0 Å². The van der Waals surface area contributed by atoms with E-state index >= 15 is 0 Å². The van der Waals surface area contributed by atoms with Gasteiger partial charge >= 0.3 is 0 Å². The quantitative estimate of drug-likeness (QED) is 0.827. The molecule has 20 heavy (non-hydrogen) atoms. The molecule has 1 aromatic carbocycles. The summed E-state index contributed by atoms with van der Waals surface area (Å²) in [4.78, 5) is 13.8. The van der Waals surface area contributed by atoms with E-state index in [1.165, 1.54) is 6.07 Å². The average molecular weight is 280 g/mol. The molecule has 0 heterocycles. The van der Waals surface area contributed by atoms with Crippen LogP contribution in [-0.2, 0) is 11.2 Å². The summed E-state index contributed by atoms with van der Waals surface area (Å²) in [5.74, 6) is -0.412. The lowest BCUT2D eigenvalue weighted by molar-refractivity contribution is -0.133. The molecule has 1 fully saturated rings. The van der Waals surface area contributed by atoms with Crippen LogP contribution in [0.15, 0.2) is 18.2 Å². The van der Waals surface area contributed by atoms with Crippen molar-refractivity contribution in [3.8, 4) is 5.75 Å². The lowest BCUT2D eigenvalue weighted by Gasteiger charge is -2.20. The molecule has 0 radical (unpaired) electrons. The largest absolute Gasteiger partial charge is 0.481 e. The Morgan fingerprint density at radius 1 is 1.50 bits per heavy atom. The van der Waals surface area contributed by atoms with Crippen LogP contribution >= 0.6 is 0 Å². The first-order valence-corrected chi connectivity index (χ1v) is 7.06. The van der Waals surface area contributed by atoms with Crippen LogP contribution in [0.4, 0.5) is 4.39 Å². The molecular formula is C15H21FN2O2. The van der Waals surface area contributed by atoms with Gasteiger partial charge in [-0.1, -0.05) is 6.07 Å². The number of rotatable bonds is 7. The van der Waals surface area contributed by atoms with Crippen molar-refractivity contribution >= 4 is 5.91 Å². The number of nitrogens with two attached hydrogens (primary N) is 1. The maximum absolute atomic E-state index is 13.8. The second-order valence-electron chi connectivity index (χ2n) is 5.00. The summed E-state index contributed by atoms with van der Waals surface area (Å²) < 4.78 is 19.1. The smallest absolute Gasteiger partial charge is 0.260 e. The highest BCUT2D eigenvalue weighted by Gasteiger charge is 2.31. The second-order valence-corrected chi connectivity index (χ2v) is 5.00. The Kier molecular flexibility index (Phi) is 4.95. The van der Waals surface area contributed by atoms with E-state index in [0.717, 1.165) is 18.4 Å². The number of ether oxygens (including phenoxy) is 1. The lowest BCUT2D eigenvalue weighted by atomic mass is 10.1. The van der Waals surface area contributed by atoms with E-state index < -0.39 is 5.82 Å². The van der Waals surface area contributed by atoms with Gasteiger partial charge in [0, 0.05) is 12.6 Å². The predicted molar refractivity (Wildman–Crippen MR) is 75.1 cm³/mol. The molecule has 2 rings (SSSR count). The van der Waals surface area contributed by atoms with Crippen LogP contribution in [0.3, 0.4) is 0 Å². The van der Waals surface area contributed by atoms with Crippen molar-refractivity contribution in [3.63, 3.8) is 0 Å². The Bertz CT molecular complexity index is 475. The Morgan fingerprint density at radius 2 is 2.25 bits per heavy atom. The van der Waals surface area contributed by atoms with Crippen LogP contribution in [-0.4, -0.2) is 36.5 Å². The van der Waals surface area contributed by atoms with Gasteiger partial charge in [0.15, 0.2) is 18.2 Å². The number of benzene rings is 1. The molecule has 2 N–H and O–H groups in total. The summed E-state index contributed by atoms with van der Waals surface area (Å²) >= 11 is 0. The SMILES string of the molecule is CCN(C(=O)COc1ccc(CCN)cc1F)C1CC1. The molecule has 1 aliphatic carbocycles. The third-order valence-electron chi connectivity index (χ3n) is 3.43. The van der Waals surface area contributed by atoms with Crippen molar-refractivity contribution in [1.29, 1.82) is 0 Å². The molecule has 4 nitrogen and oxygen atoms in total. The van der Waals surface area contributed by atoms with Gasteiger partial charge in [-0.25, -0.2) is 4.39 Å². The summed E-state index contributed by atoms with van der Waals surface area (Å²) in [6, 6.07) is 5.09. The number of hydrogen-bond donors (Lipinski definition) is 1. The number of hydrogen-bond acceptors (Lipinski definition) is 3. The monoisotopic (exact) mass is 280 g/mol. The average Bonchev–Trinajstić information content (AvgIpc) is 3.24. The standard InChI is InChI=1S/C15H21FN2O2/c1-2-18(12-4-5-12)15(19)10-20-14-6-3-11(7-8-17)9-13(14)16/h3,6,9,12H,2,4-5,7-8,10,17H2,1H3. The van der Waals surface area contributed by atoms with Crippen LogP contribution < -0.4 is 10.5 Å². The molecule has 5 heteroatoms. The van der Waals surface area contributed by atoms with E-state index in [-0.39, 0.29) is 18.3 Å². The lowest BCUT2D eigenvalue weighted by Crippen LogP contribution is -2.36. The number of amides is 1. The Hall–Kier alpha value is -1.62. The van der Waals surface area contributed by atoms with E-state index in [0.29, 0.717) is 25.6 Å². The van der Waals surface area contributed by atoms with Crippen molar-refractivity contribution in [1.82, 2.24) is 4.90 Å². The van der Waals surface area contributed by atoms with Gasteiger partial charge in [0.1, 0.15) is 0 Å². The molecule has 0 spiro atoms. The molecule has 0 aromatic heterocycles. The van der Waals surface area contributed by atoms with Crippen molar-refractivity contribution in [2.45, 2.75) is 32.2 Å². The summed E-state index contributed by atoms with van der Waals surface area (Å²) in [5, 5.41) is 0. The van der Waals surface area contributed by atoms with Crippen molar-refractivity contribution in [2.24, 2.45) is 5.73 Å². The maximum Gasteiger partial charge on any atom is 0.260 e. The molecular weight excluding hydrogens is 259 g/mol. The zero-order valence-corrected chi connectivity index (χ0v) is 11.8. The van der Waals surface area contributed by atoms with Crippen molar-refractivity contribution in [3.05, 3.63) is 29.6 Å². The summed E-state index contributed by atoms with van der Waals surface area (Å²) in [7, 11) is 0. The Morgan fingerprint density at radius 3 is 2.80 bits per heavy atom. The van der Waals surface area contributed by atoms with Crippen molar-refractivity contribution < 1.29 is 13.9 Å². The van der Waals surface area contributed by atoms with Gasteiger partial charge in [-0.2, -0.15) is 0 Å². The highest BCUT2D eigenvalue weighted by Crippen LogP contribution is 2.26. The number of halogens is 1. The second kappa shape index (κ2) is 6.70.